The summed E-state index contributed by atoms with van der Waals surface area (Å²) in [6.45, 7) is 0. The van der Waals surface area contributed by atoms with Gasteiger partial charge < -0.3 is 4.74 Å². The van der Waals surface area contributed by atoms with Crippen LogP contribution in [0.3, 0.4) is 0 Å². The van der Waals surface area contributed by atoms with Crippen molar-refractivity contribution >= 4 is 35.2 Å². The number of rotatable bonds is 4. The molecule has 1 rings (SSSR count). The lowest BCUT2D eigenvalue weighted by Crippen LogP contribution is -2.06. The van der Waals surface area contributed by atoms with Crippen LogP contribution in [0.5, 0.6) is 5.75 Å². The van der Waals surface area contributed by atoms with Crippen molar-refractivity contribution in [2.75, 3.05) is 19.4 Å². The predicted molar refractivity (Wildman–Crippen MR) is 68.7 cm³/mol. The average molecular weight is 260 g/mol. The summed E-state index contributed by atoms with van der Waals surface area (Å²) in [6, 6.07) is 7.37. The molecule has 0 aliphatic rings. The van der Waals surface area contributed by atoms with E-state index in [0.29, 0.717) is 5.75 Å². The second-order valence-electron chi connectivity index (χ2n) is 3.28. The molecule has 0 aliphatic heterocycles. The monoisotopic (exact) mass is 259 g/mol. The van der Waals surface area contributed by atoms with Gasteiger partial charge in [0.15, 0.2) is 0 Å². The van der Waals surface area contributed by atoms with Crippen LogP contribution in [-0.2, 0) is 0 Å². The van der Waals surface area contributed by atoms with E-state index in [-0.39, 0.29) is 5.22 Å². The van der Waals surface area contributed by atoms with Crippen LogP contribution in [0.25, 0.3) is 0 Å². The Balaban J connectivity index is 2.64. The van der Waals surface area contributed by atoms with Crippen molar-refractivity contribution in [1.29, 1.82) is 0 Å². The summed E-state index contributed by atoms with van der Waals surface area (Å²) in [5.41, 5.74) is 2.14. The zero-order chi connectivity index (χ0) is 12.0. The lowest BCUT2D eigenvalue weighted by Gasteiger charge is -2.02. The van der Waals surface area contributed by atoms with E-state index in [2.05, 4.69) is 5.32 Å². The number of anilines is 1. The number of hydrogen-bond acceptors (Lipinski definition) is 1. The summed E-state index contributed by atoms with van der Waals surface area (Å²) >= 11 is 11.0. The maximum absolute atomic E-state index is 5.62. The van der Waals surface area contributed by atoms with E-state index in [1.807, 2.05) is 37.1 Å². The number of halogens is 2. The fourth-order valence-electron chi connectivity index (χ4n) is 0.958. The van der Waals surface area contributed by atoms with Crippen molar-refractivity contribution in [2.45, 2.75) is 0 Å². The van der Waals surface area contributed by atoms with Gasteiger partial charge in [-0.3, -0.25) is 4.58 Å². The highest BCUT2D eigenvalue weighted by Gasteiger charge is 1.99. The molecule has 0 aliphatic carbocycles. The Morgan fingerprint density at radius 2 is 1.94 bits per heavy atom. The van der Waals surface area contributed by atoms with Gasteiger partial charge in [0, 0.05) is 0 Å². The first-order valence-electron chi connectivity index (χ1n) is 4.62. The summed E-state index contributed by atoms with van der Waals surface area (Å²) in [6.07, 6.45) is 1.85. The molecule has 1 aromatic rings. The third-order valence-electron chi connectivity index (χ3n) is 1.64. The van der Waals surface area contributed by atoms with Gasteiger partial charge in [-0.2, -0.15) is 0 Å². The van der Waals surface area contributed by atoms with E-state index in [9.17, 15) is 0 Å². The molecule has 16 heavy (non-hydrogen) atoms. The van der Waals surface area contributed by atoms with Gasteiger partial charge >= 0.3 is 0 Å². The number of ether oxygens (including phenoxy) is 1. The van der Waals surface area contributed by atoms with Crippen molar-refractivity contribution in [2.24, 2.45) is 0 Å². The number of benzene rings is 1. The van der Waals surface area contributed by atoms with Crippen molar-refractivity contribution in [3.05, 3.63) is 35.0 Å². The SMILES string of the molecule is C[N+](C)=CNc1ccc(OC(Cl)=CCl)cc1. The fraction of sp³-hybridized carbons (Fsp3) is 0.182. The van der Waals surface area contributed by atoms with Crippen molar-refractivity contribution < 1.29 is 9.31 Å². The van der Waals surface area contributed by atoms with Crippen LogP contribution < -0.4 is 10.1 Å². The minimum Gasteiger partial charge on any atom is -0.444 e. The Morgan fingerprint density at radius 3 is 2.44 bits per heavy atom. The van der Waals surface area contributed by atoms with Gasteiger partial charge in [-0.25, -0.2) is 5.32 Å². The van der Waals surface area contributed by atoms with Crippen LogP contribution in [0.15, 0.2) is 35.0 Å². The zero-order valence-electron chi connectivity index (χ0n) is 9.08. The van der Waals surface area contributed by atoms with Gasteiger partial charge in [-0.1, -0.05) is 11.6 Å². The third-order valence-corrected chi connectivity index (χ3v) is 2.14. The molecule has 0 aromatic heterocycles. The molecule has 0 saturated carbocycles. The number of nitrogens with zero attached hydrogens (tertiary/aromatic N) is 1. The molecule has 1 N–H and O–H groups in total. The van der Waals surface area contributed by atoms with Crippen LogP contribution >= 0.6 is 23.2 Å². The molecule has 0 unspecified atom stereocenters. The zero-order valence-corrected chi connectivity index (χ0v) is 10.6. The highest BCUT2D eigenvalue weighted by atomic mass is 35.5. The molecule has 0 fully saturated rings. The summed E-state index contributed by atoms with van der Waals surface area (Å²) in [7, 11) is 3.88. The predicted octanol–water partition coefficient (Wildman–Crippen LogP) is 3.05. The molecule has 0 spiro atoms. The second-order valence-corrected chi connectivity index (χ2v) is 3.87. The summed E-state index contributed by atoms with van der Waals surface area (Å²) < 4.78 is 7.10. The number of nitrogens with one attached hydrogen (secondary N) is 1. The molecule has 5 heteroatoms. The first-order chi connectivity index (χ1) is 7.61. The van der Waals surface area contributed by atoms with Gasteiger partial charge in [0.1, 0.15) is 11.4 Å². The van der Waals surface area contributed by atoms with E-state index in [1.165, 1.54) is 5.54 Å². The van der Waals surface area contributed by atoms with Gasteiger partial charge in [0.2, 0.25) is 11.6 Å². The molecule has 3 nitrogen and oxygen atoms in total. The van der Waals surface area contributed by atoms with Crippen LogP contribution in [0, 0.1) is 0 Å². The largest absolute Gasteiger partial charge is 0.444 e. The molecular weight excluding hydrogens is 247 g/mol. The minimum atomic E-state index is 0.141. The third kappa shape index (κ3) is 4.55. The van der Waals surface area contributed by atoms with Gasteiger partial charge in [-0.15, -0.1) is 0 Å². The van der Waals surface area contributed by atoms with Crippen LogP contribution in [0.1, 0.15) is 0 Å². The normalized spacial score (nSPS) is 10.9. The smallest absolute Gasteiger partial charge is 0.236 e. The van der Waals surface area contributed by atoms with Gasteiger partial charge in [0.05, 0.1) is 19.6 Å². The molecule has 86 valence electrons. The van der Waals surface area contributed by atoms with Crippen molar-refractivity contribution in [1.82, 2.24) is 0 Å². The highest BCUT2D eigenvalue weighted by Crippen LogP contribution is 2.19. The summed E-state index contributed by atoms with van der Waals surface area (Å²) in [5.74, 6) is 0.636. The summed E-state index contributed by atoms with van der Waals surface area (Å²) in [5, 5.41) is 3.25. The maximum atomic E-state index is 5.62. The second kappa shape index (κ2) is 6.40. The van der Waals surface area contributed by atoms with Gasteiger partial charge in [0.25, 0.3) is 0 Å². The van der Waals surface area contributed by atoms with E-state index >= 15 is 0 Å². The molecule has 0 amide bonds. The van der Waals surface area contributed by atoms with E-state index < -0.39 is 0 Å². The van der Waals surface area contributed by atoms with Crippen molar-refractivity contribution in [3.8, 4) is 5.75 Å². The van der Waals surface area contributed by atoms with E-state index in [1.54, 1.807) is 12.1 Å². The molecule has 0 saturated heterocycles. The molecule has 0 radical (unpaired) electrons. The first kappa shape index (κ1) is 12.9. The Hall–Kier alpha value is -1.19. The highest BCUT2D eigenvalue weighted by molar-refractivity contribution is 6.35. The quantitative estimate of drug-likeness (QED) is 0.389. The van der Waals surface area contributed by atoms with E-state index in [4.69, 9.17) is 27.9 Å². The Labute approximate surface area is 105 Å². The number of hydrogen-bond donors (Lipinski definition) is 1. The lowest BCUT2D eigenvalue weighted by atomic mass is 10.3. The van der Waals surface area contributed by atoms with Gasteiger partial charge in [-0.05, 0) is 35.9 Å². The standard InChI is InChI=1S/C11H12Cl2N2O/c1-15(2)8-14-9-3-5-10(6-4-9)16-11(13)7-12/h3-8H,1-2H3/p+1. The summed E-state index contributed by atoms with van der Waals surface area (Å²) in [4.78, 5) is 0. The maximum Gasteiger partial charge on any atom is 0.236 e. The van der Waals surface area contributed by atoms with Crippen molar-refractivity contribution in [3.63, 3.8) is 0 Å². The Bertz CT molecular complexity index is 395. The average Bonchev–Trinajstić information content (AvgIpc) is 2.28. The molecule has 0 bridgehead atoms. The van der Waals surface area contributed by atoms with E-state index in [0.717, 1.165) is 5.69 Å². The van der Waals surface area contributed by atoms with Crippen LogP contribution in [0.2, 0.25) is 0 Å². The molecule has 0 atom stereocenters. The molecule has 0 heterocycles. The lowest BCUT2D eigenvalue weighted by molar-refractivity contribution is -0.459. The van der Waals surface area contributed by atoms with Crippen LogP contribution in [-0.4, -0.2) is 25.0 Å². The first-order valence-corrected chi connectivity index (χ1v) is 5.43. The molecular formula is C11H13Cl2N2O+. The van der Waals surface area contributed by atoms with Crippen LogP contribution in [0.4, 0.5) is 5.69 Å². The Kier molecular flexibility index (Phi) is 5.15. The Morgan fingerprint density at radius 1 is 1.31 bits per heavy atom. The topological polar surface area (TPSA) is 24.3 Å². The fourth-order valence-corrected chi connectivity index (χ4v) is 1.09. The molecule has 1 aromatic carbocycles. The minimum absolute atomic E-state index is 0.141.